The van der Waals surface area contributed by atoms with Gasteiger partial charge in [-0.25, -0.2) is 9.48 Å². The SMILES string of the molecule is COC(=O)c1cn(C2CCN(Cc3ccn(C)c3)CC2)nn1. The van der Waals surface area contributed by atoms with Crippen LogP contribution in [0.3, 0.4) is 0 Å². The summed E-state index contributed by atoms with van der Waals surface area (Å²) in [7, 11) is 3.39. The van der Waals surface area contributed by atoms with Crippen LogP contribution in [-0.4, -0.2) is 50.6 Å². The van der Waals surface area contributed by atoms with E-state index in [9.17, 15) is 4.79 Å². The first-order valence-corrected chi connectivity index (χ1v) is 7.49. The summed E-state index contributed by atoms with van der Waals surface area (Å²) in [5.74, 6) is -0.437. The number of hydrogen-bond donors (Lipinski definition) is 0. The van der Waals surface area contributed by atoms with Crippen molar-refractivity contribution in [1.29, 1.82) is 0 Å². The highest BCUT2D eigenvalue weighted by Gasteiger charge is 2.23. The van der Waals surface area contributed by atoms with Crippen molar-refractivity contribution in [3.8, 4) is 0 Å². The minimum Gasteiger partial charge on any atom is -0.464 e. The molecule has 22 heavy (non-hydrogen) atoms. The van der Waals surface area contributed by atoms with Gasteiger partial charge in [-0.15, -0.1) is 5.10 Å². The van der Waals surface area contributed by atoms with Crippen LogP contribution in [0, 0.1) is 0 Å². The summed E-state index contributed by atoms with van der Waals surface area (Å²) in [5, 5.41) is 7.94. The Bertz CT molecular complexity index is 640. The molecule has 0 saturated carbocycles. The molecule has 0 bridgehead atoms. The lowest BCUT2D eigenvalue weighted by Gasteiger charge is -2.31. The lowest BCUT2D eigenvalue weighted by atomic mass is 10.0. The van der Waals surface area contributed by atoms with Gasteiger partial charge in [-0.1, -0.05) is 5.21 Å². The number of aryl methyl sites for hydroxylation is 1. The van der Waals surface area contributed by atoms with Crippen molar-refractivity contribution in [3.63, 3.8) is 0 Å². The van der Waals surface area contributed by atoms with E-state index in [1.807, 2.05) is 7.05 Å². The molecule has 1 aliphatic rings. The zero-order valence-electron chi connectivity index (χ0n) is 13.0. The number of rotatable bonds is 4. The first-order valence-electron chi connectivity index (χ1n) is 7.49. The van der Waals surface area contributed by atoms with Gasteiger partial charge < -0.3 is 9.30 Å². The molecule has 0 unspecified atom stereocenters. The van der Waals surface area contributed by atoms with Gasteiger partial charge in [0.15, 0.2) is 5.69 Å². The second-order valence-corrected chi connectivity index (χ2v) is 5.77. The largest absolute Gasteiger partial charge is 0.464 e. The Morgan fingerprint density at radius 1 is 1.36 bits per heavy atom. The number of carbonyl (C=O) groups excluding carboxylic acids is 1. The van der Waals surface area contributed by atoms with Crippen molar-refractivity contribution >= 4 is 5.97 Å². The van der Waals surface area contributed by atoms with E-state index in [4.69, 9.17) is 0 Å². The Balaban J connectivity index is 1.55. The first-order chi connectivity index (χ1) is 10.7. The van der Waals surface area contributed by atoms with E-state index in [0.29, 0.717) is 6.04 Å². The highest BCUT2D eigenvalue weighted by molar-refractivity contribution is 5.86. The highest BCUT2D eigenvalue weighted by Crippen LogP contribution is 2.23. The maximum atomic E-state index is 11.4. The van der Waals surface area contributed by atoms with Crippen molar-refractivity contribution < 1.29 is 9.53 Å². The van der Waals surface area contributed by atoms with Crippen molar-refractivity contribution in [1.82, 2.24) is 24.5 Å². The van der Waals surface area contributed by atoms with E-state index in [2.05, 4.69) is 43.0 Å². The van der Waals surface area contributed by atoms with Crippen LogP contribution in [0.5, 0.6) is 0 Å². The molecule has 1 saturated heterocycles. The molecular formula is C15H21N5O2. The minimum atomic E-state index is -0.437. The predicted molar refractivity (Wildman–Crippen MR) is 80.3 cm³/mol. The summed E-state index contributed by atoms with van der Waals surface area (Å²) >= 11 is 0. The third-order valence-electron chi connectivity index (χ3n) is 4.14. The second-order valence-electron chi connectivity index (χ2n) is 5.77. The Kier molecular flexibility index (Phi) is 4.24. The Labute approximate surface area is 129 Å². The van der Waals surface area contributed by atoms with Crippen LogP contribution in [0.2, 0.25) is 0 Å². The van der Waals surface area contributed by atoms with E-state index < -0.39 is 5.97 Å². The molecule has 0 amide bonds. The van der Waals surface area contributed by atoms with Gasteiger partial charge in [0, 0.05) is 39.1 Å². The molecule has 0 radical (unpaired) electrons. The quantitative estimate of drug-likeness (QED) is 0.795. The number of ether oxygens (including phenoxy) is 1. The molecule has 1 fully saturated rings. The molecule has 0 atom stereocenters. The van der Waals surface area contributed by atoms with Crippen molar-refractivity contribution in [2.24, 2.45) is 7.05 Å². The molecule has 2 aromatic heterocycles. The third-order valence-corrected chi connectivity index (χ3v) is 4.14. The monoisotopic (exact) mass is 303 g/mol. The molecule has 7 nitrogen and oxygen atoms in total. The van der Waals surface area contributed by atoms with Crippen LogP contribution < -0.4 is 0 Å². The molecule has 1 aliphatic heterocycles. The van der Waals surface area contributed by atoms with E-state index in [0.717, 1.165) is 32.5 Å². The van der Waals surface area contributed by atoms with Gasteiger partial charge in [0.2, 0.25) is 0 Å². The van der Waals surface area contributed by atoms with Crippen LogP contribution >= 0.6 is 0 Å². The molecule has 7 heteroatoms. The van der Waals surface area contributed by atoms with Crippen LogP contribution in [-0.2, 0) is 18.3 Å². The van der Waals surface area contributed by atoms with Crippen molar-refractivity contribution in [3.05, 3.63) is 35.9 Å². The standard InChI is InChI=1S/C15H21N5O2/c1-18-6-3-12(9-18)10-19-7-4-13(5-8-19)20-11-14(16-17-20)15(21)22-2/h3,6,9,11,13H,4-5,7-8,10H2,1-2H3. The first kappa shape index (κ1) is 14.8. The zero-order valence-corrected chi connectivity index (χ0v) is 13.0. The molecule has 2 aromatic rings. The normalized spacial score (nSPS) is 16.8. The highest BCUT2D eigenvalue weighted by atomic mass is 16.5. The minimum absolute atomic E-state index is 0.272. The van der Waals surface area contributed by atoms with E-state index >= 15 is 0 Å². The van der Waals surface area contributed by atoms with E-state index in [-0.39, 0.29) is 5.69 Å². The molecular weight excluding hydrogens is 282 g/mol. The Hall–Kier alpha value is -2.15. The van der Waals surface area contributed by atoms with Gasteiger partial charge in [0.1, 0.15) is 0 Å². The number of carbonyl (C=O) groups is 1. The number of nitrogens with zero attached hydrogens (tertiary/aromatic N) is 5. The number of esters is 1. The summed E-state index contributed by atoms with van der Waals surface area (Å²) in [6.07, 6.45) is 7.94. The van der Waals surface area contributed by atoms with Gasteiger partial charge in [0.25, 0.3) is 0 Å². The number of likely N-dealkylation sites (tertiary alicyclic amines) is 1. The topological polar surface area (TPSA) is 65.2 Å². The maximum Gasteiger partial charge on any atom is 0.360 e. The van der Waals surface area contributed by atoms with Crippen LogP contribution in [0.1, 0.15) is 34.9 Å². The Morgan fingerprint density at radius 3 is 2.77 bits per heavy atom. The van der Waals surface area contributed by atoms with E-state index in [1.54, 1.807) is 10.9 Å². The summed E-state index contributed by atoms with van der Waals surface area (Å²) in [6.45, 7) is 3.03. The molecule has 0 aliphatic carbocycles. The number of aromatic nitrogens is 4. The summed E-state index contributed by atoms with van der Waals surface area (Å²) in [4.78, 5) is 13.9. The fraction of sp³-hybridized carbons (Fsp3) is 0.533. The van der Waals surface area contributed by atoms with Gasteiger partial charge in [-0.3, -0.25) is 4.90 Å². The molecule has 0 aromatic carbocycles. The molecule has 0 N–H and O–H groups in total. The Morgan fingerprint density at radius 2 is 2.14 bits per heavy atom. The lowest BCUT2D eigenvalue weighted by Crippen LogP contribution is -2.34. The van der Waals surface area contributed by atoms with Crippen molar-refractivity contribution in [2.45, 2.75) is 25.4 Å². The van der Waals surface area contributed by atoms with Gasteiger partial charge in [-0.05, 0) is 24.5 Å². The summed E-state index contributed by atoms with van der Waals surface area (Å²) in [6, 6.07) is 2.46. The zero-order chi connectivity index (χ0) is 15.5. The third kappa shape index (κ3) is 3.19. The number of piperidine rings is 1. The van der Waals surface area contributed by atoms with E-state index in [1.165, 1.54) is 12.7 Å². The van der Waals surface area contributed by atoms with Gasteiger partial charge in [-0.2, -0.15) is 0 Å². The predicted octanol–water partition coefficient (Wildman–Crippen LogP) is 1.24. The van der Waals surface area contributed by atoms with Gasteiger partial charge >= 0.3 is 5.97 Å². The fourth-order valence-corrected chi connectivity index (χ4v) is 2.91. The fourth-order valence-electron chi connectivity index (χ4n) is 2.91. The van der Waals surface area contributed by atoms with Crippen molar-refractivity contribution in [2.75, 3.05) is 20.2 Å². The van der Waals surface area contributed by atoms with Crippen LogP contribution in [0.15, 0.2) is 24.7 Å². The van der Waals surface area contributed by atoms with Gasteiger partial charge in [0.05, 0.1) is 19.3 Å². The maximum absolute atomic E-state index is 11.4. The average Bonchev–Trinajstić information content (AvgIpc) is 3.17. The lowest BCUT2D eigenvalue weighted by molar-refractivity contribution is 0.0594. The smallest absolute Gasteiger partial charge is 0.360 e. The molecule has 0 spiro atoms. The second kappa shape index (κ2) is 6.31. The summed E-state index contributed by atoms with van der Waals surface area (Å²) in [5.41, 5.74) is 1.61. The summed E-state index contributed by atoms with van der Waals surface area (Å²) < 4.78 is 8.53. The van der Waals surface area contributed by atoms with Crippen LogP contribution in [0.4, 0.5) is 0 Å². The number of methoxy groups -OCH3 is 1. The molecule has 3 rings (SSSR count). The number of hydrogen-bond acceptors (Lipinski definition) is 5. The average molecular weight is 303 g/mol. The molecule has 3 heterocycles. The van der Waals surface area contributed by atoms with Crippen LogP contribution in [0.25, 0.3) is 0 Å². The molecule has 118 valence electrons.